The zero-order valence-corrected chi connectivity index (χ0v) is 7.43. The standard InChI is InChI=1S/C10H9NO3/c1-2-9(11(13)14)7-8-5-3-4-6-10(8)12/h3-6,12H,1,7H2. The molecule has 0 saturated heterocycles. The van der Waals surface area contributed by atoms with Gasteiger partial charge in [-0.25, -0.2) is 0 Å². The van der Waals surface area contributed by atoms with Gasteiger partial charge in [-0.3, -0.25) is 10.1 Å². The van der Waals surface area contributed by atoms with Gasteiger partial charge in [0, 0.05) is 5.56 Å². The molecule has 0 amide bonds. The van der Waals surface area contributed by atoms with Gasteiger partial charge in [-0.15, -0.1) is 0 Å². The van der Waals surface area contributed by atoms with Crippen LogP contribution in [0, 0.1) is 10.1 Å². The van der Waals surface area contributed by atoms with E-state index in [0.29, 0.717) is 5.56 Å². The third-order valence-electron chi connectivity index (χ3n) is 1.77. The van der Waals surface area contributed by atoms with Crippen molar-refractivity contribution in [2.75, 3.05) is 0 Å². The average Bonchev–Trinajstić information content (AvgIpc) is 2.16. The molecule has 0 aliphatic rings. The summed E-state index contributed by atoms with van der Waals surface area (Å²) in [5, 5.41) is 19.8. The summed E-state index contributed by atoms with van der Waals surface area (Å²) in [6, 6.07) is 6.46. The highest BCUT2D eigenvalue weighted by Crippen LogP contribution is 2.18. The van der Waals surface area contributed by atoms with Crippen LogP contribution in [0.2, 0.25) is 0 Å². The van der Waals surface area contributed by atoms with Crippen molar-refractivity contribution in [3.63, 3.8) is 0 Å². The predicted molar refractivity (Wildman–Crippen MR) is 51.5 cm³/mol. The maximum atomic E-state index is 10.4. The van der Waals surface area contributed by atoms with Gasteiger partial charge < -0.3 is 5.11 Å². The molecule has 0 spiro atoms. The molecule has 1 aromatic rings. The molecule has 0 aromatic heterocycles. The molecular weight excluding hydrogens is 182 g/mol. The third kappa shape index (κ3) is 2.21. The fraction of sp³-hybridized carbons (Fsp3) is 0.100. The van der Waals surface area contributed by atoms with E-state index >= 15 is 0 Å². The molecule has 0 aliphatic carbocycles. The lowest BCUT2D eigenvalue weighted by molar-refractivity contribution is -0.426. The van der Waals surface area contributed by atoms with Crippen LogP contribution in [-0.2, 0) is 6.42 Å². The highest BCUT2D eigenvalue weighted by Gasteiger charge is 2.12. The van der Waals surface area contributed by atoms with E-state index in [9.17, 15) is 15.2 Å². The lowest BCUT2D eigenvalue weighted by atomic mass is 10.1. The molecule has 0 atom stereocenters. The highest BCUT2D eigenvalue weighted by molar-refractivity contribution is 5.33. The maximum absolute atomic E-state index is 10.4. The Morgan fingerprint density at radius 3 is 2.71 bits per heavy atom. The van der Waals surface area contributed by atoms with Crippen molar-refractivity contribution >= 4 is 0 Å². The Morgan fingerprint density at radius 2 is 2.21 bits per heavy atom. The largest absolute Gasteiger partial charge is 0.508 e. The zero-order chi connectivity index (χ0) is 10.6. The Balaban J connectivity index is 2.94. The van der Waals surface area contributed by atoms with Crippen LogP contribution in [0.4, 0.5) is 0 Å². The van der Waals surface area contributed by atoms with Crippen LogP contribution >= 0.6 is 0 Å². The Labute approximate surface area is 81.0 Å². The van der Waals surface area contributed by atoms with E-state index in [1.165, 1.54) is 6.07 Å². The first kappa shape index (κ1) is 10.0. The zero-order valence-electron chi connectivity index (χ0n) is 7.43. The molecule has 72 valence electrons. The molecule has 1 rings (SSSR count). The smallest absolute Gasteiger partial charge is 0.292 e. The van der Waals surface area contributed by atoms with Gasteiger partial charge in [-0.05, 0) is 12.6 Å². The normalized spacial score (nSPS) is 9.14. The van der Waals surface area contributed by atoms with Crippen molar-refractivity contribution in [1.82, 2.24) is 0 Å². The third-order valence-corrected chi connectivity index (χ3v) is 1.77. The lowest BCUT2D eigenvalue weighted by Crippen LogP contribution is -2.01. The molecular formula is C10H9NO3. The van der Waals surface area contributed by atoms with Gasteiger partial charge in [0.25, 0.3) is 5.70 Å². The number of phenols is 1. The number of nitrogens with zero attached hydrogens (tertiary/aromatic N) is 1. The van der Waals surface area contributed by atoms with E-state index in [1.807, 2.05) is 0 Å². The Hall–Kier alpha value is -2.06. The summed E-state index contributed by atoms with van der Waals surface area (Å²) in [6.07, 6.45) is 0.0309. The summed E-state index contributed by atoms with van der Waals surface area (Å²) in [7, 11) is 0. The summed E-state index contributed by atoms with van der Waals surface area (Å²) < 4.78 is 0. The van der Waals surface area contributed by atoms with E-state index in [1.54, 1.807) is 18.2 Å². The van der Waals surface area contributed by atoms with Crippen LogP contribution in [0.15, 0.2) is 42.3 Å². The highest BCUT2D eigenvalue weighted by atomic mass is 16.6. The van der Waals surface area contributed by atoms with Gasteiger partial charge in [0.2, 0.25) is 0 Å². The van der Waals surface area contributed by atoms with Gasteiger partial charge in [0.05, 0.1) is 11.3 Å². The second kappa shape index (κ2) is 4.25. The predicted octanol–water partition coefficient (Wildman–Crippen LogP) is 1.88. The number of hydrogen-bond acceptors (Lipinski definition) is 3. The molecule has 4 nitrogen and oxygen atoms in total. The SMILES string of the molecule is C=C=C(Cc1ccccc1O)[N+](=O)[O-]. The number of benzene rings is 1. The molecule has 0 aliphatic heterocycles. The van der Waals surface area contributed by atoms with E-state index in [-0.39, 0.29) is 17.9 Å². The van der Waals surface area contributed by atoms with Gasteiger partial charge in [-0.2, -0.15) is 0 Å². The van der Waals surface area contributed by atoms with Crippen LogP contribution in [0.3, 0.4) is 0 Å². The summed E-state index contributed by atoms with van der Waals surface area (Å²) >= 11 is 0. The van der Waals surface area contributed by atoms with Crippen LogP contribution in [-0.4, -0.2) is 10.0 Å². The van der Waals surface area contributed by atoms with Gasteiger partial charge in [0.15, 0.2) is 0 Å². The molecule has 0 unspecified atom stereocenters. The first-order valence-electron chi connectivity index (χ1n) is 3.95. The minimum Gasteiger partial charge on any atom is -0.508 e. The molecule has 0 saturated carbocycles. The minimum atomic E-state index is -0.556. The Kier molecular flexibility index (Phi) is 3.05. The van der Waals surface area contributed by atoms with Crippen molar-refractivity contribution in [3.05, 3.63) is 58.0 Å². The quantitative estimate of drug-likeness (QED) is 0.450. The van der Waals surface area contributed by atoms with Crippen molar-refractivity contribution < 1.29 is 10.0 Å². The number of phenolic OH excluding ortho intramolecular Hbond substituents is 1. The number of aromatic hydroxyl groups is 1. The van der Waals surface area contributed by atoms with E-state index in [2.05, 4.69) is 12.3 Å². The molecule has 0 heterocycles. The first-order valence-corrected chi connectivity index (χ1v) is 3.95. The Morgan fingerprint density at radius 1 is 1.57 bits per heavy atom. The van der Waals surface area contributed by atoms with E-state index in [4.69, 9.17) is 0 Å². The van der Waals surface area contributed by atoms with E-state index in [0.717, 1.165) is 0 Å². The summed E-state index contributed by atoms with van der Waals surface area (Å²) in [5.74, 6) is 0.0436. The topological polar surface area (TPSA) is 63.4 Å². The molecule has 0 radical (unpaired) electrons. The molecule has 0 fully saturated rings. The van der Waals surface area contributed by atoms with Gasteiger partial charge >= 0.3 is 0 Å². The Bertz CT molecular complexity index is 406. The minimum absolute atomic E-state index is 0.0309. The van der Waals surface area contributed by atoms with Crippen molar-refractivity contribution in [2.24, 2.45) is 0 Å². The number of rotatable bonds is 3. The number of nitro groups is 1. The number of hydrogen-bond donors (Lipinski definition) is 1. The van der Waals surface area contributed by atoms with Crippen molar-refractivity contribution in [2.45, 2.75) is 6.42 Å². The monoisotopic (exact) mass is 191 g/mol. The number of para-hydroxylation sites is 1. The van der Waals surface area contributed by atoms with Crippen LogP contribution in [0.1, 0.15) is 5.56 Å². The second-order valence-corrected chi connectivity index (χ2v) is 2.69. The van der Waals surface area contributed by atoms with Crippen LogP contribution in [0.25, 0.3) is 0 Å². The van der Waals surface area contributed by atoms with Crippen LogP contribution < -0.4 is 0 Å². The van der Waals surface area contributed by atoms with Gasteiger partial charge in [0.1, 0.15) is 5.75 Å². The molecule has 1 aromatic carbocycles. The molecule has 1 N–H and O–H groups in total. The van der Waals surface area contributed by atoms with Crippen molar-refractivity contribution in [3.8, 4) is 5.75 Å². The molecule has 4 heteroatoms. The number of allylic oxidation sites excluding steroid dienone is 1. The maximum Gasteiger partial charge on any atom is 0.292 e. The average molecular weight is 191 g/mol. The second-order valence-electron chi connectivity index (χ2n) is 2.69. The lowest BCUT2D eigenvalue weighted by Gasteiger charge is -2.00. The fourth-order valence-electron chi connectivity index (χ4n) is 1.03. The van der Waals surface area contributed by atoms with Gasteiger partial charge in [-0.1, -0.05) is 23.9 Å². The van der Waals surface area contributed by atoms with Crippen molar-refractivity contribution in [1.29, 1.82) is 0 Å². The first-order chi connectivity index (χ1) is 6.65. The summed E-state index contributed by atoms with van der Waals surface area (Å²) in [5.41, 5.74) is 2.58. The fourth-order valence-corrected chi connectivity index (χ4v) is 1.03. The molecule has 14 heavy (non-hydrogen) atoms. The summed E-state index contributed by atoms with van der Waals surface area (Å²) in [6.45, 7) is 3.22. The summed E-state index contributed by atoms with van der Waals surface area (Å²) in [4.78, 5) is 9.87. The molecule has 0 bridgehead atoms. The van der Waals surface area contributed by atoms with Crippen LogP contribution in [0.5, 0.6) is 5.75 Å². The van der Waals surface area contributed by atoms with E-state index < -0.39 is 4.92 Å².